The third kappa shape index (κ3) is 4.44. The molecule has 2 aliphatic heterocycles. The van der Waals surface area contributed by atoms with Gasteiger partial charge in [-0.15, -0.1) is 0 Å². The van der Waals surface area contributed by atoms with Gasteiger partial charge < -0.3 is 19.1 Å². The van der Waals surface area contributed by atoms with Gasteiger partial charge in [0.2, 0.25) is 11.9 Å². The zero-order chi connectivity index (χ0) is 26.5. The van der Waals surface area contributed by atoms with Crippen LogP contribution in [0.25, 0.3) is 28.1 Å². The van der Waals surface area contributed by atoms with E-state index in [2.05, 4.69) is 39.0 Å². The number of carbonyl (C=O) groups is 1. The Morgan fingerprint density at radius 1 is 0.949 bits per heavy atom. The van der Waals surface area contributed by atoms with Crippen molar-refractivity contribution < 1.29 is 9.53 Å². The van der Waals surface area contributed by atoms with Crippen molar-refractivity contribution in [2.45, 2.75) is 45.4 Å². The van der Waals surface area contributed by atoms with Gasteiger partial charge in [-0.05, 0) is 43.7 Å². The largest absolute Gasteiger partial charge is 0.378 e. The van der Waals surface area contributed by atoms with Crippen LogP contribution in [0.3, 0.4) is 0 Å². The fourth-order valence-corrected chi connectivity index (χ4v) is 6.10. The van der Waals surface area contributed by atoms with Crippen LogP contribution in [0.2, 0.25) is 0 Å². The van der Waals surface area contributed by atoms with E-state index in [1.54, 1.807) is 0 Å². The van der Waals surface area contributed by atoms with Gasteiger partial charge in [0.15, 0.2) is 17.0 Å². The second-order valence-electron chi connectivity index (χ2n) is 11.2. The number of aryl methyl sites for hydroxylation is 2. The number of likely N-dealkylation sites (tertiary alicyclic amines) is 1. The fourth-order valence-electron chi connectivity index (χ4n) is 6.10. The van der Waals surface area contributed by atoms with Gasteiger partial charge in [0.1, 0.15) is 11.6 Å². The first-order valence-electron chi connectivity index (χ1n) is 14.4. The topological polar surface area (TPSA) is 94.2 Å². The molecule has 1 saturated carbocycles. The predicted molar refractivity (Wildman–Crippen MR) is 149 cm³/mol. The van der Waals surface area contributed by atoms with Gasteiger partial charge in [0.25, 0.3) is 0 Å². The molecule has 4 aromatic rings. The van der Waals surface area contributed by atoms with Gasteiger partial charge in [0.05, 0.1) is 24.2 Å². The number of hydrogen-bond donors (Lipinski definition) is 0. The van der Waals surface area contributed by atoms with E-state index in [4.69, 9.17) is 24.7 Å². The van der Waals surface area contributed by atoms with Crippen LogP contribution < -0.4 is 4.90 Å². The lowest BCUT2D eigenvalue weighted by Crippen LogP contribution is -2.39. The predicted octanol–water partition coefficient (Wildman–Crippen LogP) is 3.29. The van der Waals surface area contributed by atoms with Crippen LogP contribution >= 0.6 is 0 Å². The number of nitrogens with zero attached hydrogens (tertiary/aromatic N) is 8. The van der Waals surface area contributed by atoms with E-state index in [0.717, 1.165) is 104 Å². The second-order valence-corrected chi connectivity index (χ2v) is 11.2. The van der Waals surface area contributed by atoms with E-state index in [-0.39, 0.29) is 0 Å². The van der Waals surface area contributed by atoms with Crippen molar-refractivity contribution in [2.75, 3.05) is 44.3 Å². The van der Waals surface area contributed by atoms with Crippen LogP contribution in [-0.4, -0.2) is 79.3 Å². The first-order chi connectivity index (χ1) is 19.1. The minimum atomic E-state index is 0.300. The molecule has 204 valence electrons. The molecule has 2 saturated heterocycles. The number of hydrogen-bond acceptors (Lipinski definition) is 7. The van der Waals surface area contributed by atoms with Crippen molar-refractivity contribution in [3.8, 4) is 5.95 Å². The van der Waals surface area contributed by atoms with Gasteiger partial charge in [0, 0.05) is 52.0 Å². The van der Waals surface area contributed by atoms with Crippen LogP contribution in [-0.2, 0) is 29.4 Å². The Labute approximate surface area is 228 Å². The fraction of sp³-hybridized carbons (Fsp3) is 0.552. The molecule has 1 aromatic carbocycles. The second kappa shape index (κ2) is 9.89. The van der Waals surface area contributed by atoms with Crippen molar-refractivity contribution in [1.82, 2.24) is 34.0 Å². The maximum absolute atomic E-state index is 12.5. The zero-order valence-electron chi connectivity index (χ0n) is 22.8. The number of imidazole rings is 2. The molecule has 0 radical (unpaired) electrons. The van der Waals surface area contributed by atoms with E-state index < -0.39 is 0 Å². The molecule has 10 heteroatoms. The number of anilines is 1. The summed E-state index contributed by atoms with van der Waals surface area (Å²) in [5.41, 5.74) is 3.65. The molecule has 0 unspecified atom stereocenters. The van der Waals surface area contributed by atoms with E-state index in [0.29, 0.717) is 36.9 Å². The summed E-state index contributed by atoms with van der Waals surface area (Å²) in [7, 11) is 2.07. The molecule has 3 aromatic heterocycles. The summed E-state index contributed by atoms with van der Waals surface area (Å²) in [6.45, 7) is 6.73. The SMILES string of the molecule is CCc1nc2ccccc2n1-c1nc(N2CCOCC2)c2nc(CC3CCN(C(=O)C4CC4)CC3)n(C)c2n1. The Morgan fingerprint density at radius 3 is 2.46 bits per heavy atom. The number of aromatic nitrogens is 6. The van der Waals surface area contributed by atoms with Crippen LogP contribution in [0.1, 0.15) is 44.3 Å². The van der Waals surface area contributed by atoms with Crippen molar-refractivity contribution >= 4 is 33.9 Å². The summed E-state index contributed by atoms with van der Waals surface area (Å²) < 4.78 is 9.89. The van der Waals surface area contributed by atoms with Crippen molar-refractivity contribution in [3.63, 3.8) is 0 Å². The zero-order valence-corrected chi connectivity index (χ0v) is 22.8. The lowest BCUT2D eigenvalue weighted by atomic mass is 9.93. The molecule has 1 amide bonds. The summed E-state index contributed by atoms with van der Waals surface area (Å²) >= 11 is 0. The van der Waals surface area contributed by atoms with E-state index in [1.165, 1.54) is 0 Å². The normalized spacial score (nSPS) is 18.9. The highest BCUT2D eigenvalue weighted by Gasteiger charge is 2.35. The minimum Gasteiger partial charge on any atom is -0.378 e. The quantitative estimate of drug-likeness (QED) is 0.379. The number of para-hydroxylation sites is 2. The third-order valence-electron chi connectivity index (χ3n) is 8.56. The molecule has 5 heterocycles. The Bertz CT molecular complexity index is 1520. The number of fused-ring (bicyclic) bond motifs is 2. The van der Waals surface area contributed by atoms with Gasteiger partial charge in [-0.25, -0.2) is 9.97 Å². The monoisotopic (exact) mass is 528 g/mol. The van der Waals surface area contributed by atoms with Crippen molar-refractivity contribution in [3.05, 3.63) is 35.9 Å². The van der Waals surface area contributed by atoms with E-state index in [9.17, 15) is 4.79 Å². The maximum atomic E-state index is 12.5. The molecule has 0 atom stereocenters. The third-order valence-corrected chi connectivity index (χ3v) is 8.56. The molecule has 1 aliphatic carbocycles. The lowest BCUT2D eigenvalue weighted by Gasteiger charge is -2.32. The van der Waals surface area contributed by atoms with Crippen LogP contribution in [0.15, 0.2) is 24.3 Å². The molecule has 10 nitrogen and oxygen atoms in total. The molecule has 39 heavy (non-hydrogen) atoms. The summed E-state index contributed by atoms with van der Waals surface area (Å²) in [6.07, 6.45) is 5.85. The molecule has 0 N–H and O–H groups in total. The number of piperidine rings is 1. The number of ether oxygens (including phenoxy) is 1. The Balaban J connectivity index is 1.26. The average Bonchev–Trinajstić information content (AvgIpc) is 3.70. The van der Waals surface area contributed by atoms with Crippen molar-refractivity contribution in [1.29, 1.82) is 0 Å². The van der Waals surface area contributed by atoms with Crippen molar-refractivity contribution in [2.24, 2.45) is 18.9 Å². The maximum Gasteiger partial charge on any atom is 0.239 e. The number of amides is 1. The first-order valence-corrected chi connectivity index (χ1v) is 14.4. The minimum absolute atomic E-state index is 0.300. The standard InChI is InChI=1S/C29H36N8O2/c1-3-23-30-21-6-4-5-7-22(21)37(23)29-32-26-25(27(33-29)35-14-16-39-17-15-35)31-24(34(26)2)18-19-10-12-36(13-11-19)28(38)20-8-9-20/h4-7,19-20H,3,8-18H2,1-2H3. The summed E-state index contributed by atoms with van der Waals surface area (Å²) in [5.74, 6) is 4.65. The Hall–Kier alpha value is -3.53. The summed E-state index contributed by atoms with van der Waals surface area (Å²) in [5, 5.41) is 0. The van der Waals surface area contributed by atoms with Gasteiger partial charge in [-0.1, -0.05) is 19.1 Å². The smallest absolute Gasteiger partial charge is 0.239 e. The molecule has 7 rings (SSSR count). The number of carbonyl (C=O) groups excluding carboxylic acids is 1. The highest BCUT2D eigenvalue weighted by molar-refractivity contribution is 5.86. The first kappa shape index (κ1) is 24.5. The van der Waals surface area contributed by atoms with Crippen LogP contribution in [0.5, 0.6) is 0 Å². The van der Waals surface area contributed by atoms with E-state index in [1.807, 2.05) is 18.2 Å². The average molecular weight is 529 g/mol. The Morgan fingerprint density at radius 2 is 1.72 bits per heavy atom. The number of morpholine rings is 1. The highest BCUT2D eigenvalue weighted by atomic mass is 16.5. The molecular weight excluding hydrogens is 492 g/mol. The van der Waals surface area contributed by atoms with Gasteiger partial charge >= 0.3 is 0 Å². The highest BCUT2D eigenvalue weighted by Crippen LogP contribution is 2.34. The van der Waals surface area contributed by atoms with E-state index >= 15 is 0 Å². The molecule has 0 bridgehead atoms. The van der Waals surface area contributed by atoms with Crippen LogP contribution in [0, 0.1) is 11.8 Å². The van der Waals surface area contributed by atoms with Crippen LogP contribution in [0.4, 0.5) is 5.82 Å². The summed E-state index contributed by atoms with van der Waals surface area (Å²) in [6, 6.07) is 8.17. The molecular formula is C29H36N8O2. The molecule has 0 spiro atoms. The number of benzene rings is 1. The Kier molecular flexibility index (Phi) is 6.22. The number of rotatable bonds is 6. The molecule has 3 aliphatic rings. The van der Waals surface area contributed by atoms with Gasteiger partial charge in [-0.2, -0.15) is 9.97 Å². The summed E-state index contributed by atoms with van der Waals surface area (Å²) in [4.78, 5) is 37.1. The lowest BCUT2D eigenvalue weighted by molar-refractivity contribution is -0.133. The van der Waals surface area contributed by atoms with Gasteiger partial charge in [-0.3, -0.25) is 9.36 Å². The molecule has 3 fully saturated rings.